The maximum absolute atomic E-state index is 14.2. The number of ether oxygens (including phenoxy) is 1. The van der Waals surface area contributed by atoms with Gasteiger partial charge in [0.1, 0.15) is 17.4 Å². The molecule has 3 aromatic rings. The average Bonchev–Trinajstić information content (AvgIpc) is 3.41. The zero-order valence-corrected chi connectivity index (χ0v) is 21.1. The van der Waals surface area contributed by atoms with E-state index in [1.807, 2.05) is 0 Å². The molecule has 0 saturated heterocycles. The van der Waals surface area contributed by atoms with Gasteiger partial charge < -0.3 is 20.5 Å². The van der Waals surface area contributed by atoms with Crippen molar-refractivity contribution < 1.29 is 41.4 Å². The zero-order chi connectivity index (χ0) is 28.6. The van der Waals surface area contributed by atoms with Crippen LogP contribution >= 0.6 is 11.6 Å². The van der Waals surface area contributed by atoms with Crippen molar-refractivity contribution in [1.82, 2.24) is 5.32 Å². The third kappa shape index (κ3) is 3.96. The number of carbonyl (C=O) groups excluding carboxylic acids is 2. The number of rotatable bonds is 2. The summed E-state index contributed by atoms with van der Waals surface area (Å²) in [6, 6.07) is 5.40. The summed E-state index contributed by atoms with van der Waals surface area (Å²) in [7, 11) is 0. The Kier molecular flexibility index (Phi) is 5.97. The van der Waals surface area contributed by atoms with Crippen molar-refractivity contribution in [1.29, 1.82) is 0 Å². The van der Waals surface area contributed by atoms with E-state index >= 15 is 0 Å². The van der Waals surface area contributed by atoms with Crippen molar-refractivity contribution >= 4 is 34.9 Å². The molecule has 13 heteroatoms. The highest BCUT2D eigenvalue weighted by Gasteiger charge is 2.61. The highest BCUT2D eigenvalue weighted by atomic mass is 35.5. The number of anilines is 2. The van der Waals surface area contributed by atoms with Crippen molar-refractivity contribution in [2.24, 2.45) is 0 Å². The molecule has 0 aliphatic carbocycles. The van der Waals surface area contributed by atoms with Crippen LogP contribution in [0.25, 0.3) is 0 Å². The number of halogens is 6. The second-order valence-electron chi connectivity index (χ2n) is 9.76. The molecule has 3 aliphatic heterocycles. The Hall–Kier alpha value is -3.90. The summed E-state index contributed by atoms with van der Waals surface area (Å²) in [6.07, 6.45) is -4.11. The van der Waals surface area contributed by atoms with Gasteiger partial charge in [-0.3, -0.25) is 9.69 Å². The highest BCUT2D eigenvalue weighted by Crippen LogP contribution is 2.50. The predicted molar refractivity (Wildman–Crippen MR) is 134 cm³/mol. The van der Waals surface area contributed by atoms with E-state index < -0.39 is 53.5 Å². The molecule has 3 aromatic carbocycles. The number of carbonyl (C=O) groups is 2. The lowest BCUT2D eigenvalue weighted by atomic mass is 9.91. The Morgan fingerprint density at radius 2 is 1.88 bits per heavy atom. The molecule has 208 valence electrons. The van der Waals surface area contributed by atoms with Gasteiger partial charge in [-0.05, 0) is 60.9 Å². The maximum atomic E-state index is 14.2. The first-order valence-electron chi connectivity index (χ1n) is 12.1. The van der Waals surface area contributed by atoms with E-state index in [4.69, 9.17) is 16.3 Å². The topological polar surface area (TPSA) is 90.9 Å². The number of aliphatic hydroxyl groups is 1. The van der Waals surface area contributed by atoms with E-state index in [1.54, 1.807) is 6.07 Å². The fraction of sp³-hybridized carbons (Fsp3) is 0.259. The number of β-amino-alcohol motifs (C(OH)–C–C–N with tert-alkyl or cyclic N) is 1. The summed E-state index contributed by atoms with van der Waals surface area (Å²) in [5.41, 5.74) is -3.55. The maximum Gasteiger partial charge on any atom is 0.423 e. The Morgan fingerprint density at radius 3 is 2.62 bits per heavy atom. The summed E-state index contributed by atoms with van der Waals surface area (Å²) in [5, 5.41) is 16.0. The van der Waals surface area contributed by atoms with Crippen LogP contribution in [0.4, 0.5) is 38.1 Å². The second kappa shape index (κ2) is 9.07. The first-order valence-corrected chi connectivity index (χ1v) is 12.5. The lowest BCUT2D eigenvalue weighted by molar-refractivity contribution is -0.258. The molecule has 3 heterocycles. The SMILES string of the molecule is O=C1NC(c2cc(F)ccc2Cl)c2c(NC(=O)N3CC(O)(C(F)(F)F)c4cc(F)ccc43)cc3c(c21)OCCC3. The molecule has 6 rings (SSSR count). The number of amides is 3. The van der Waals surface area contributed by atoms with Crippen LogP contribution in [0.3, 0.4) is 0 Å². The van der Waals surface area contributed by atoms with Crippen molar-refractivity contribution in [3.63, 3.8) is 0 Å². The van der Waals surface area contributed by atoms with Gasteiger partial charge in [0, 0.05) is 27.4 Å². The fourth-order valence-electron chi connectivity index (χ4n) is 5.48. The summed E-state index contributed by atoms with van der Waals surface area (Å²) in [6.45, 7) is -0.894. The van der Waals surface area contributed by atoms with Crippen LogP contribution in [0.5, 0.6) is 5.75 Å². The van der Waals surface area contributed by atoms with Crippen LogP contribution in [0, 0.1) is 11.6 Å². The third-order valence-electron chi connectivity index (χ3n) is 7.33. The number of fused-ring (bicyclic) bond motifs is 4. The van der Waals surface area contributed by atoms with Crippen molar-refractivity contribution in [2.45, 2.75) is 30.7 Å². The monoisotopic (exact) mass is 579 g/mol. The van der Waals surface area contributed by atoms with Crippen molar-refractivity contribution in [3.05, 3.63) is 86.9 Å². The summed E-state index contributed by atoms with van der Waals surface area (Å²) in [4.78, 5) is 27.3. The Labute approximate surface area is 228 Å². The number of nitrogens with one attached hydrogen (secondary N) is 2. The normalized spacial score (nSPS) is 21.3. The van der Waals surface area contributed by atoms with Crippen LogP contribution < -0.4 is 20.3 Å². The minimum atomic E-state index is -5.22. The van der Waals surface area contributed by atoms with Gasteiger partial charge in [0.25, 0.3) is 5.91 Å². The van der Waals surface area contributed by atoms with Gasteiger partial charge >= 0.3 is 12.2 Å². The van der Waals surface area contributed by atoms with E-state index in [9.17, 15) is 36.6 Å². The number of nitrogens with zero attached hydrogens (tertiary/aromatic N) is 1. The van der Waals surface area contributed by atoms with Crippen LogP contribution in [-0.4, -0.2) is 36.4 Å². The van der Waals surface area contributed by atoms with E-state index in [0.29, 0.717) is 41.7 Å². The van der Waals surface area contributed by atoms with Gasteiger partial charge in [0.05, 0.1) is 30.4 Å². The number of hydrogen-bond donors (Lipinski definition) is 3. The van der Waals surface area contributed by atoms with Crippen LogP contribution in [0.1, 0.15) is 45.1 Å². The molecule has 0 saturated carbocycles. The van der Waals surface area contributed by atoms with E-state index in [1.165, 1.54) is 6.07 Å². The molecule has 3 N–H and O–H groups in total. The van der Waals surface area contributed by atoms with Crippen LogP contribution in [-0.2, 0) is 12.0 Å². The molecule has 0 spiro atoms. The Morgan fingerprint density at radius 1 is 1.15 bits per heavy atom. The first kappa shape index (κ1) is 26.3. The summed E-state index contributed by atoms with van der Waals surface area (Å²) < 4.78 is 75.6. The van der Waals surface area contributed by atoms with Gasteiger partial charge in [0.2, 0.25) is 5.60 Å². The number of urea groups is 1. The molecule has 3 amide bonds. The lowest BCUT2D eigenvalue weighted by Gasteiger charge is -2.27. The standard InChI is InChI=1S/C27H19ClF5N3O4/c28-17-5-3-13(29)9-15(17)22-20-18(8-12-2-1-7-40-23(12)21(20)24(37)35-22)34-25(38)36-11-26(39,27(31,32)33)16-10-14(30)4-6-19(16)36/h3-6,8-10,22,39H,1-2,7,11H2,(H,34,38)(H,35,37). The fourth-order valence-corrected chi connectivity index (χ4v) is 5.70. The Bertz CT molecular complexity index is 1600. The first-order chi connectivity index (χ1) is 18.9. The number of alkyl halides is 3. The minimum Gasteiger partial charge on any atom is -0.492 e. The molecule has 7 nitrogen and oxygen atoms in total. The van der Waals surface area contributed by atoms with E-state index in [0.717, 1.165) is 24.3 Å². The van der Waals surface area contributed by atoms with Crippen LogP contribution in [0.15, 0.2) is 42.5 Å². The lowest BCUT2D eigenvalue weighted by Crippen LogP contribution is -2.48. The molecular weight excluding hydrogens is 561 g/mol. The van der Waals surface area contributed by atoms with Crippen molar-refractivity contribution in [3.8, 4) is 5.75 Å². The Balaban J connectivity index is 1.46. The summed E-state index contributed by atoms with van der Waals surface area (Å²) >= 11 is 6.33. The number of benzene rings is 3. The minimum absolute atomic E-state index is 0.0547. The van der Waals surface area contributed by atoms with Crippen molar-refractivity contribution in [2.75, 3.05) is 23.4 Å². The van der Waals surface area contributed by atoms with Gasteiger partial charge in [0.15, 0.2) is 0 Å². The number of hydrogen-bond acceptors (Lipinski definition) is 4. The molecule has 40 heavy (non-hydrogen) atoms. The molecule has 3 aliphatic rings. The molecule has 0 radical (unpaired) electrons. The molecule has 2 unspecified atom stereocenters. The number of aryl methyl sites for hydroxylation is 1. The summed E-state index contributed by atoms with van der Waals surface area (Å²) in [5.74, 6) is -1.92. The molecule has 2 atom stereocenters. The van der Waals surface area contributed by atoms with Gasteiger partial charge in [-0.15, -0.1) is 0 Å². The van der Waals surface area contributed by atoms with E-state index in [2.05, 4.69) is 10.6 Å². The van der Waals surface area contributed by atoms with Gasteiger partial charge in [-0.1, -0.05) is 11.6 Å². The van der Waals surface area contributed by atoms with Gasteiger partial charge in [-0.2, -0.15) is 13.2 Å². The second-order valence-corrected chi connectivity index (χ2v) is 10.2. The third-order valence-corrected chi connectivity index (χ3v) is 7.68. The zero-order valence-electron chi connectivity index (χ0n) is 20.3. The van der Waals surface area contributed by atoms with Gasteiger partial charge in [-0.25, -0.2) is 13.6 Å². The van der Waals surface area contributed by atoms with Crippen LogP contribution in [0.2, 0.25) is 5.02 Å². The molecule has 0 bridgehead atoms. The molecule has 0 fully saturated rings. The average molecular weight is 580 g/mol. The predicted octanol–water partition coefficient (Wildman–Crippen LogP) is 5.58. The smallest absolute Gasteiger partial charge is 0.423 e. The largest absolute Gasteiger partial charge is 0.492 e. The molecular formula is C27H19ClF5N3O4. The quantitative estimate of drug-likeness (QED) is 0.346. The highest BCUT2D eigenvalue weighted by molar-refractivity contribution is 6.31. The molecule has 0 aromatic heterocycles. The van der Waals surface area contributed by atoms with E-state index in [-0.39, 0.29) is 33.1 Å².